The summed E-state index contributed by atoms with van der Waals surface area (Å²) in [7, 11) is -1.99. The van der Waals surface area contributed by atoms with E-state index in [4.69, 9.17) is 10.5 Å². The van der Waals surface area contributed by atoms with Gasteiger partial charge in [-0.1, -0.05) is 0 Å². The fourth-order valence-corrected chi connectivity index (χ4v) is 3.18. The zero-order valence-electron chi connectivity index (χ0n) is 10.1. The molecule has 0 aromatic carbocycles. The molecule has 0 saturated carbocycles. The largest absolute Gasteiger partial charge is 0.381 e. The van der Waals surface area contributed by atoms with Crippen LogP contribution in [0.2, 0.25) is 0 Å². The van der Waals surface area contributed by atoms with Gasteiger partial charge in [-0.2, -0.15) is 4.31 Å². The van der Waals surface area contributed by atoms with Gasteiger partial charge in [-0.3, -0.25) is 0 Å². The second kappa shape index (κ2) is 5.17. The maximum atomic E-state index is 12.3. The summed E-state index contributed by atoms with van der Waals surface area (Å²) in [6.07, 6.45) is 3.86. The summed E-state index contributed by atoms with van der Waals surface area (Å²) in [5.41, 5.74) is 5.34. The maximum Gasteiger partial charge on any atom is 0.246 e. The zero-order chi connectivity index (χ0) is 13.2. The molecule has 1 aromatic heterocycles. The molecule has 2 heterocycles. The van der Waals surface area contributed by atoms with E-state index >= 15 is 0 Å². The first-order chi connectivity index (χ1) is 8.51. The van der Waals surface area contributed by atoms with Gasteiger partial charge in [-0.15, -0.1) is 0 Å². The molecule has 1 saturated heterocycles. The zero-order valence-corrected chi connectivity index (χ0v) is 10.9. The lowest BCUT2D eigenvalue weighted by atomic mass is 10.1. The first kappa shape index (κ1) is 13.2. The van der Waals surface area contributed by atoms with E-state index in [1.807, 2.05) is 0 Å². The van der Waals surface area contributed by atoms with Crippen LogP contribution in [0.1, 0.15) is 12.8 Å². The molecule has 0 bridgehead atoms. The van der Waals surface area contributed by atoms with E-state index in [2.05, 4.69) is 9.97 Å². The number of ether oxygens (including phenoxy) is 1. The molecule has 0 unspecified atom stereocenters. The number of hydrogen-bond acceptors (Lipinski definition) is 6. The van der Waals surface area contributed by atoms with E-state index in [1.165, 1.54) is 16.7 Å². The second-order valence-corrected chi connectivity index (χ2v) is 6.14. The van der Waals surface area contributed by atoms with Crippen LogP contribution >= 0.6 is 0 Å². The molecule has 18 heavy (non-hydrogen) atoms. The fraction of sp³-hybridized carbons (Fsp3) is 0.600. The third-order valence-corrected chi connectivity index (χ3v) is 4.89. The molecule has 7 nitrogen and oxygen atoms in total. The second-order valence-electron chi connectivity index (χ2n) is 4.14. The Bertz CT molecular complexity index is 496. The minimum absolute atomic E-state index is 0.0405. The van der Waals surface area contributed by atoms with E-state index in [0.29, 0.717) is 26.1 Å². The summed E-state index contributed by atoms with van der Waals surface area (Å²) < 4.78 is 31.2. The fourth-order valence-electron chi connectivity index (χ4n) is 1.87. The van der Waals surface area contributed by atoms with Gasteiger partial charge in [0.05, 0.1) is 12.4 Å². The molecule has 1 fully saturated rings. The molecule has 0 atom stereocenters. The number of nitrogen functional groups attached to an aromatic ring is 1. The number of rotatable bonds is 3. The summed E-state index contributed by atoms with van der Waals surface area (Å²) in [6, 6.07) is -0.0405. The van der Waals surface area contributed by atoms with Crippen molar-refractivity contribution < 1.29 is 13.2 Å². The van der Waals surface area contributed by atoms with Gasteiger partial charge in [-0.25, -0.2) is 18.4 Å². The van der Waals surface area contributed by atoms with E-state index in [-0.39, 0.29) is 16.9 Å². The van der Waals surface area contributed by atoms with Crippen molar-refractivity contribution in [3.63, 3.8) is 0 Å². The highest BCUT2D eigenvalue weighted by atomic mass is 32.2. The molecule has 0 spiro atoms. The normalized spacial score (nSPS) is 18.1. The molecule has 2 N–H and O–H groups in total. The van der Waals surface area contributed by atoms with E-state index in [1.54, 1.807) is 7.05 Å². The lowest BCUT2D eigenvalue weighted by molar-refractivity contribution is 0.0632. The molecule has 1 aromatic rings. The van der Waals surface area contributed by atoms with Gasteiger partial charge >= 0.3 is 0 Å². The smallest absolute Gasteiger partial charge is 0.246 e. The molecule has 0 amide bonds. The summed E-state index contributed by atoms with van der Waals surface area (Å²) in [5.74, 6) is 0.0580. The van der Waals surface area contributed by atoms with E-state index in [0.717, 1.165) is 0 Å². The number of hydrogen-bond donors (Lipinski definition) is 1. The van der Waals surface area contributed by atoms with Gasteiger partial charge in [0.2, 0.25) is 16.0 Å². The molecule has 0 aliphatic carbocycles. The lowest BCUT2D eigenvalue weighted by Gasteiger charge is -2.30. The highest BCUT2D eigenvalue weighted by Gasteiger charge is 2.29. The van der Waals surface area contributed by atoms with Crippen LogP contribution in [0.4, 0.5) is 5.95 Å². The number of aromatic nitrogens is 2. The van der Waals surface area contributed by atoms with Crippen LogP contribution in [0.25, 0.3) is 0 Å². The first-order valence-corrected chi connectivity index (χ1v) is 7.09. The molecular weight excluding hydrogens is 256 g/mol. The van der Waals surface area contributed by atoms with Gasteiger partial charge in [0, 0.05) is 26.3 Å². The quantitative estimate of drug-likeness (QED) is 0.822. The standard InChI is InChI=1S/C10H16N4O3S/c1-14(8-2-4-17-5-3-8)18(15,16)9-6-12-10(11)13-7-9/h6-8H,2-5H2,1H3,(H2,11,12,13). The predicted octanol–water partition coefficient (Wildman–Crippen LogP) is -0.142. The van der Waals surface area contributed by atoms with Gasteiger partial charge in [-0.05, 0) is 12.8 Å². The molecule has 0 radical (unpaired) electrons. The van der Waals surface area contributed by atoms with Crippen molar-refractivity contribution in [1.82, 2.24) is 14.3 Å². The summed E-state index contributed by atoms with van der Waals surface area (Å²) in [5, 5.41) is 0. The van der Waals surface area contributed by atoms with Crippen molar-refractivity contribution in [1.29, 1.82) is 0 Å². The average molecular weight is 272 g/mol. The van der Waals surface area contributed by atoms with Crippen LogP contribution < -0.4 is 5.73 Å². The van der Waals surface area contributed by atoms with Crippen molar-refractivity contribution in [3.05, 3.63) is 12.4 Å². The molecule has 100 valence electrons. The SMILES string of the molecule is CN(C1CCOCC1)S(=O)(=O)c1cnc(N)nc1. The van der Waals surface area contributed by atoms with Crippen molar-refractivity contribution in [2.24, 2.45) is 0 Å². The third kappa shape index (κ3) is 2.60. The molecule has 1 aliphatic rings. The minimum Gasteiger partial charge on any atom is -0.381 e. The Kier molecular flexibility index (Phi) is 3.79. The molecular formula is C10H16N4O3S. The van der Waals surface area contributed by atoms with Gasteiger partial charge in [0.25, 0.3) is 0 Å². The van der Waals surface area contributed by atoms with Crippen LogP contribution in [0, 0.1) is 0 Å². The first-order valence-electron chi connectivity index (χ1n) is 5.65. The predicted molar refractivity (Wildman–Crippen MR) is 65.2 cm³/mol. The van der Waals surface area contributed by atoms with Crippen LogP contribution in [-0.4, -0.2) is 49.0 Å². The number of nitrogens with two attached hydrogens (primary N) is 1. The Morgan fingerprint density at radius 3 is 2.44 bits per heavy atom. The minimum atomic E-state index is -3.56. The van der Waals surface area contributed by atoms with Gasteiger partial charge in [0.15, 0.2) is 0 Å². The van der Waals surface area contributed by atoms with Crippen molar-refractivity contribution in [3.8, 4) is 0 Å². The Morgan fingerprint density at radius 1 is 1.33 bits per heavy atom. The topological polar surface area (TPSA) is 98.4 Å². The summed E-state index contributed by atoms with van der Waals surface area (Å²) >= 11 is 0. The van der Waals surface area contributed by atoms with Crippen LogP contribution in [0.5, 0.6) is 0 Å². The number of sulfonamides is 1. The number of nitrogens with zero attached hydrogens (tertiary/aromatic N) is 3. The van der Waals surface area contributed by atoms with Crippen molar-refractivity contribution in [2.75, 3.05) is 26.0 Å². The summed E-state index contributed by atoms with van der Waals surface area (Å²) in [4.78, 5) is 7.48. The molecule has 2 rings (SSSR count). The Labute approximate surface area is 106 Å². The van der Waals surface area contributed by atoms with E-state index in [9.17, 15) is 8.42 Å². The van der Waals surface area contributed by atoms with Gasteiger partial charge < -0.3 is 10.5 Å². The Balaban J connectivity index is 2.21. The van der Waals surface area contributed by atoms with Crippen LogP contribution in [-0.2, 0) is 14.8 Å². The molecule has 8 heteroatoms. The lowest BCUT2D eigenvalue weighted by Crippen LogP contribution is -2.40. The van der Waals surface area contributed by atoms with Gasteiger partial charge in [0.1, 0.15) is 4.90 Å². The molecule has 1 aliphatic heterocycles. The Hall–Kier alpha value is -1.25. The average Bonchev–Trinajstić information content (AvgIpc) is 2.39. The van der Waals surface area contributed by atoms with Crippen LogP contribution in [0.3, 0.4) is 0 Å². The van der Waals surface area contributed by atoms with Crippen molar-refractivity contribution in [2.45, 2.75) is 23.8 Å². The van der Waals surface area contributed by atoms with E-state index < -0.39 is 10.0 Å². The van der Waals surface area contributed by atoms with Crippen LogP contribution in [0.15, 0.2) is 17.3 Å². The highest BCUT2D eigenvalue weighted by molar-refractivity contribution is 7.89. The monoisotopic (exact) mass is 272 g/mol. The maximum absolute atomic E-state index is 12.3. The highest BCUT2D eigenvalue weighted by Crippen LogP contribution is 2.20. The van der Waals surface area contributed by atoms with Crippen molar-refractivity contribution >= 4 is 16.0 Å². The number of anilines is 1. The summed E-state index contributed by atoms with van der Waals surface area (Å²) in [6.45, 7) is 1.17. The third-order valence-electron chi connectivity index (χ3n) is 3.03. The Morgan fingerprint density at radius 2 is 1.89 bits per heavy atom.